The summed E-state index contributed by atoms with van der Waals surface area (Å²) in [4.78, 5) is 14.9. The minimum absolute atomic E-state index is 0.00408. The lowest BCUT2D eigenvalue weighted by molar-refractivity contribution is -0.140. The first-order valence-electron chi connectivity index (χ1n) is 8.15. The molecule has 2 nitrogen and oxygen atoms in total. The molecule has 0 aromatic heterocycles. The minimum Gasteiger partial charge on any atom is -0.335 e. The summed E-state index contributed by atoms with van der Waals surface area (Å²) in [6, 6.07) is 0. The van der Waals surface area contributed by atoms with E-state index in [1.807, 2.05) is 4.90 Å². The van der Waals surface area contributed by atoms with Crippen molar-refractivity contribution in [1.82, 2.24) is 4.90 Å². The number of carbonyl (C=O) groups excluding carboxylic acids is 1. The van der Waals surface area contributed by atoms with Crippen LogP contribution in [-0.4, -0.2) is 23.9 Å². The van der Waals surface area contributed by atoms with Gasteiger partial charge in [0.15, 0.2) is 0 Å². The number of nitrogens with zero attached hydrogens (tertiary/aromatic N) is 1. The molecule has 0 radical (unpaired) electrons. The Morgan fingerprint density at radius 1 is 1.05 bits per heavy atom. The third kappa shape index (κ3) is 6.07. The van der Waals surface area contributed by atoms with Crippen molar-refractivity contribution in [2.45, 2.75) is 60.8 Å². The van der Waals surface area contributed by atoms with E-state index in [-0.39, 0.29) is 22.7 Å². The van der Waals surface area contributed by atoms with Gasteiger partial charge in [0.1, 0.15) is 0 Å². The second kappa shape index (κ2) is 8.41. The molecule has 1 atom stereocenters. The smallest absolute Gasteiger partial charge is 0.226 e. The van der Waals surface area contributed by atoms with Crippen molar-refractivity contribution in [3.05, 3.63) is 25.3 Å². The topological polar surface area (TPSA) is 20.3 Å². The van der Waals surface area contributed by atoms with Crippen molar-refractivity contribution in [3.63, 3.8) is 0 Å². The zero-order chi connectivity index (χ0) is 16.7. The Morgan fingerprint density at radius 3 is 1.86 bits per heavy atom. The van der Waals surface area contributed by atoms with Crippen LogP contribution in [0.1, 0.15) is 60.8 Å². The molecule has 0 aliphatic carbocycles. The number of rotatable bonds is 10. The molecular weight excluding hydrogens is 258 g/mol. The molecule has 0 spiro atoms. The molecule has 0 bridgehead atoms. The van der Waals surface area contributed by atoms with Gasteiger partial charge in [-0.25, -0.2) is 0 Å². The Kier molecular flexibility index (Phi) is 7.99. The van der Waals surface area contributed by atoms with Gasteiger partial charge in [0, 0.05) is 19.0 Å². The van der Waals surface area contributed by atoms with Crippen LogP contribution in [0, 0.1) is 16.7 Å². The Morgan fingerprint density at radius 2 is 1.52 bits per heavy atom. The van der Waals surface area contributed by atoms with Crippen molar-refractivity contribution >= 4 is 5.91 Å². The molecule has 0 aliphatic heterocycles. The maximum atomic E-state index is 13.1. The average molecular weight is 293 g/mol. The molecule has 0 aromatic carbocycles. The first-order chi connectivity index (χ1) is 9.65. The number of amides is 1. The van der Waals surface area contributed by atoms with Crippen LogP contribution in [-0.2, 0) is 4.79 Å². The van der Waals surface area contributed by atoms with Crippen molar-refractivity contribution < 1.29 is 4.79 Å². The molecule has 0 aromatic rings. The monoisotopic (exact) mass is 293 g/mol. The molecule has 122 valence electrons. The highest BCUT2D eigenvalue weighted by Gasteiger charge is 2.39. The molecule has 0 rings (SSSR count). The number of carbonyl (C=O) groups is 1. The van der Waals surface area contributed by atoms with Crippen molar-refractivity contribution in [2.75, 3.05) is 13.1 Å². The fraction of sp³-hybridized carbons (Fsp3) is 0.737. The lowest BCUT2D eigenvalue weighted by Gasteiger charge is -2.40. The van der Waals surface area contributed by atoms with E-state index in [0.29, 0.717) is 13.1 Å². The molecule has 0 heterocycles. The SMILES string of the molecule is C=CCN(CC=C)C(=O)C(CC(C)(C)CC)C(C)(C)CC. The largest absolute Gasteiger partial charge is 0.335 e. The summed E-state index contributed by atoms with van der Waals surface area (Å²) in [5, 5.41) is 0. The minimum atomic E-state index is 0.00408. The van der Waals surface area contributed by atoms with E-state index in [1.165, 1.54) is 0 Å². The lowest BCUT2D eigenvalue weighted by atomic mass is 9.68. The van der Waals surface area contributed by atoms with Gasteiger partial charge in [-0.05, 0) is 17.3 Å². The third-order valence-electron chi connectivity index (χ3n) is 4.88. The summed E-state index contributed by atoms with van der Waals surface area (Å²) < 4.78 is 0. The van der Waals surface area contributed by atoms with Gasteiger partial charge in [-0.2, -0.15) is 0 Å². The van der Waals surface area contributed by atoms with Crippen LogP contribution in [0.25, 0.3) is 0 Å². The molecule has 2 heteroatoms. The maximum Gasteiger partial charge on any atom is 0.226 e. The zero-order valence-electron chi connectivity index (χ0n) is 15.0. The summed E-state index contributed by atoms with van der Waals surface area (Å²) in [6.45, 7) is 22.0. The highest BCUT2D eigenvalue weighted by Crippen LogP contribution is 2.41. The maximum absolute atomic E-state index is 13.1. The first-order valence-corrected chi connectivity index (χ1v) is 8.15. The predicted octanol–water partition coefficient (Wildman–Crippen LogP) is 5.07. The molecule has 21 heavy (non-hydrogen) atoms. The van der Waals surface area contributed by atoms with Crippen LogP contribution in [0.15, 0.2) is 25.3 Å². The van der Waals surface area contributed by atoms with E-state index in [9.17, 15) is 4.79 Å². The number of hydrogen-bond acceptors (Lipinski definition) is 1. The fourth-order valence-electron chi connectivity index (χ4n) is 2.43. The molecule has 1 amide bonds. The van der Waals surface area contributed by atoms with E-state index in [1.54, 1.807) is 12.2 Å². The fourth-order valence-corrected chi connectivity index (χ4v) is 2.43. The Labute approximate surface area is 132 Å². The predicted molar refractivity (Wildman–Crippen MR) is 93.2 cm³/mol. The van der Waals surface area contributed by atoms with Crippen LogP contribution in [0.4, 0.5) is 0 Å². The molecule has 0 saturated carbocycles. The standard InChI is InChI=1S/C19H35NO/c1-9-13-20(14-10-2)17(21)16(19(7,8)12-4)15-18(5,6)11-3/h9-10,16H,1-2,11-15H2,3-8H3. The van der Waals surface area contributed by atoms with Crippen molar-refractivity contribution in [2.24, 2.45) is 16.7 Å². The second-order valence-corrected chi connectivity index (χ2v) is 7.44. The van der Waals surface area contributed by atoms with Gasteiger partial charge in [-0.3, -0.25) is 4.79 Å². The lowest BCUT2D eigenvalue weighted by Crippen LogP contribution is -2.44. The van der Waals surface area contributed by atoms with E-state index in [2.05, 4.69) is 54.7 Å². The van der Waals surface area contributed by atoms with Gasteiger partial charge in [0.05, 0.1) is 0 Å². The first kappa shape index (κ1) is 19.9. The van der Waals surface area contributed by atoms with Crippen LogP contribution in [0.5, 0.6) is 0 Å². The van der Waals surface area contributed by atoms with E-state index < -0.39 is 0 Å². The van der Waals surface area contributed by atoms with Crippen molar-refractivity contribution in [3.8, 4) is 0 Å². The molecule has 0 N–H and O–H groups in total. The third-order valence-corrected chi connectivity index (χ3v) is 4.88. The van der Waals surface area contributed by atoms with Crippen molar-refractivity contribution in [1.29, 1.82) is 0 Å². The summed E-state index contributed by atoms with van der Waals surface area (Å²) in [5.74, 6) is 0.278. The van der Waals surface area contributed by atoms with Gasteiger partial charge in [0.2, 0.25) is 5.91 Å². The van der Waals surface area contributed by atoms with Crippen LogP contribution in [0.3, 0.4) is 0 Å². The van der Waals surface area contributed by atoms with Crippen LogP contribution >= 0.6 is 0 Å². The highest BCUT2D eigenvalue weighted by molar-refractivity contribution is 5.80. The molecule has 0 saturated heterocycles. The van der Waals surface area contributed by atoms with Gasteiger partial charge in [-0.1, -0.05) is 66.5 Å². The normalized spacial score (nSPS) is 13.6. The van der Waals surface area contributed by atoms with Gasteiger partial charge < -0.3 is 4.90 Å². The Balaban J connectivity index is 5.41. The quantitative estimate of drug-likeness (QED) is 0.515. The highest BCUT2D eigenvalue weighted by atomic mass is 16.2. The molecular formula is C19H35NO. The zero-order valence-corrected chi connectivity index (χ0v) is 15.0. The molecule has 0 fully saturated rings. The summed E-state index contributed by atoms with van der Waals surface area (Å²) in [7, 11) is 0. The Hall–Kier alpha value is -1.05. The van der Waals surface area contributed by atoms with Gasteiger partial charge in [-0.15, -0.1) is 13.2 Å². The molecule has 1 unspecified atom stereocenters. The summed E-state index contributed by atoms with van der Waals surface area (Å²) in [6.07, 6.45) is 6.59. The summed E-state index contributed by atoms with van der Waals surface area (Å²) in [5.41, 5.74) is 0.185. The average Bonchev–Trinajstić information content (AvgIpc) is 2.43. The van der Waals surface area contributed by atoms with Gasteiger partial charge >= 0.3 is 0 Å². The van der Waals surface area contributed by atoms with E-state index in [4.69, 9.17) is 0 Å². The molecule has 0 aliphatic rings. The Bertz CT molecular complexity index is 345. The second-order valence-electron chi connectivity index (χ2n) is 7.44. The summed E-state index contributed by atoms with van der Waals surface area (Å²) >= 11 is 0. The van der Waals surface area contributed by atoms with Gasteiger partial charge in [0.25, 0.3) is 0 Å². The van der Waals surface area contributed by atoms with E-state index >= 15 is 0 Å². The number of hydrogen-bond donors (Lipinski definition) is 0. The van der Waals surface area contributed by atoms with Crippen LogP contribution in [0.2, 0.25) is 0 Å². The van der Waals surface area contributed by atoms with E-state index in [0.717, 1.165) is 19.3 Å². The van der Waals surface area contributed by atoms with Crippen LogP contribution < -0.4 is 0 Å².